The molecule has 0 radical (unpaired) electrons. The molecule has 1 heterocycles. The second-order valence-electron chi connectivity index (χ2n) is 7.68. The van der Waals surface area contributed by atoms with Gasteiger partial charge in [0.25, 0.3) is 0 Å². The van der Waals surface area contributed by atoms with E-state index in [1.165, 1.54) is 0 Å². The van der Waals surface area contributed by atoms with Crippen LogP contribution in [0.15, 0.2) is 82.7 Å². The van der Waals surface area contributed by atoms with Crippen molar-refractivity contribution < 1.29 is 8.42 Å². The number of sulfonamides is 1. The monoisotopic (exact) mass is 418 g/mol. The second-order valence-corrected chi connectivity index (χ2v) is 9.59. The van der Waals surface area contributed by atoms with Gasteiger partial charge in [-0.2, -0.15) is 4.31 Å². The van der Waals surface area contributed by atoms with Crippen molar-refractivity contribution in [3.63, 3.8) is 0 Å². The lowest BCUT2D eigenvalue weighted by atomic mass is 10.0. The van der Waals surface area contributed by atoms with E-state index in [4.69, 9.17) is 0 Å². The normalized spacial score (nSPS) is 15.5. The van der Waals surface area contributed by atoms with Crippen LogP contribution in [0.25, 0.3) is 11.1 Å². The predicted octanol–water partition coefficient (Wildman–Crippen LogP) is 5.59. The van der Waals surface area contributed by atoms with Gasteiger partial charge in [-0.3, -0.25) is 4.99 Å². The Morgan fingerprint density at radius 3 is 2.20 bits per heavy atom. The van der Waals surface area contributed by atoms with E-state index in [2.05, 4.69) is 29.3 Å². The van der Waals surface area contributed by atoms with Crippen LogP contribution in [-0.4, -0.2) is 32.0 Å². The summed E-state index contributed by atoms with van der Waals surface area (Å²) >= 11 is 0. The molecule has 4 rings (SSSR count). The van der Waals surface area contributed by atoms with Crippen LogP contribution in [-0.2, 0) is 10.0 Å². The minimum atomic E-state index is -3.54. The van der Waals surface area contributed by atoms with Gasteiger partial charge in [0.2, 0.25) is 10.0 Å². The number of piperidine rings is 1. The van der Waals surface area contributed by atoms with E-state index in [1.807, 2.05) is 43.3 Å². The summed E-state index contributed by atoms with van der Waals surface area (Å²) in [7, 11) is -3.54. The van der Waals surface area contributed by atoms with Crippen molar-refractivity contribution in [2.45, 2.75) is 31.1 Å². The average molecular weight is 419 g/mol. The molecule has 1 saturated heterocycles. The van der Waals surface area contributed by atoms with Gasteiger partial charge in [0.1, 0.15) is 4.90 Å². The molecular formula is C25H26N2O2S. The Labute approximate surface area is 179 Å². The fraction of sp³-hybridized carbons (Fsp3) is 0.240. The van der Waals surface area contributed by atoms with Crippen LogP contribution in [0.1, 0.15) is 30.4 Å². The third-order valence-corrected chi connectivity index (χ3v) is 7.35. The molecule has 0 aromatic heterocycles. The highest BCUT2D eigenvalue weighted by Gasteiger charge is 2.28. The lowest BCUT2D eigenvalue weighted by molar-refractivity contribution is 0.347. The SMILES string of the molecule is Cc1ccc(N=Cc2ccc(-c3ccccc3)cc2)c(S(=O)(=O)N2CCCCC2)c1. The summed E-state index contributed by atoms with van der Waals surface area (Å²) in [5.74, 6) is 0. The van der Waals surface area contributed by atoms with Gasteiger partial charge < -0.3 is 0 Å². The Morgan fingerprint density at radius 1 is 0.833 bits per heavy atom. The van der Waals surface area contributed by atoms with Gasteiger partial charge in [-0.25, -0.2) is 8.42 Å². The van der Waals surface area contributed by atoms with Crippen molar-refractivity contribution in [2.24, 2.45) is 4.99 Å². The maximum Gasteiger partial charge on any atom is 0.245 e. The molecular weight excluding hydrogens is 392 g/mol. The topological polar surface area (TPSA) is 49.7 Å². The number of nitrogens with zero attached hydrogens (tertiary/aromatic N) is 2. The third kappa shape index (κ3) is 4.53. The van der Waals surface area contributed by atoms with Crippen molar-refractivity contribution in [3.8, 4) is 11.1 Å². The molecule has 0 atom stereocenters. The number of aryl methyl sites for hydroxylation is 1. The maximum atomic E-state index is 13.2. The summed E-state index contributed by atoms with van der Waals surface area (Å²) in [5, 5.41) is 0. The van der Waals surface area contributed by atoms with E-state index in [-0.39, 0.29) is 0 Å². The first kappa shape index (κ1) is 20.5. The highest BCUT2D eigenvalue weighted by Crippen LogP contribution is 2.30. The van der Waals surface area contributed by atoms with Crippen LogP contribution in [0.2, 0.25) is 0 Å². The molecule has 0 saturated carbocycles. The molecule has 0 amide bonds. The molecule has 0 spiro atoms. The van der Waals surface area contributed by atoms with Crippen LogP contribution in [0, 0.1) is 6.92 Å². The minimum Gasteiger partial charge on any atom is -0.255 e. The molecule has 0 unspecified atom stereocenters. The van der Waals surface area contributed by atoms with Crippen LogP contribution < -0.4 is 0 Å². The van der Waals surface area contributed by atoms with Gasteiger partial charge in [0.15, 0.2) is 0 Å². The zero-order valence-corrected chi connectivity index (χ0v) is 18.0. The Morgan fingerprint density at radius 2 is 1.50 bits per heavy atom. The molecule has 1 aliphatic heterocycles. The molecule has 154 valence electrons. The second kappa shape index (κ2) is 8.94. The Bertz CT molecular complexity index is 1130. The average Bonchev–Trinajstić information content (AvgIpc) is 2.80. The standard InChI is InChI=1S/C25H26N2O2S/c1-20-10-15-24(25(18-20)30(28,29)27-16-6-3-7-17-27)26-19-21-11-13-23(14-12-21)22-8-4-2-5-9-22/h2,4-5,8-15,18-19H,3,6-7,16-17H2,1H3. The molecule has 5 heteroatoms. The fourth-order valence-electron chi connectivity index (χ4n) is 3.72. The number of benzene rings is 3. The van der Waals surface area contributed by atoms with Gasteiger partial charge >= 0.3 is 0 Å². The fourth-order valence-corrected chi connectivity index (χ4v) is 5.45. The first-order chi connectivity index (χ1) is 14.5. The smallest absolute Gasteiger partial charge is 0.245 e. The molecule has 1 aliphatic rings. The zero-order valence-electron chi connectivity index (χ0n) is 17.2. The molecule has 30 heavy (non-hydrogen) atoms. The summed E-state index contributed by atoms with van der Waals surface area (Å²) in [6, 6.07) is 23.7. The third-order valence-electron chi connectivity index (χ3n) is 5.42. The molecule has 3 aromatic rings. The molecule has 1 fully saturated rings. The van der Waals surface area contributed by atoms with Gasteiger partial charge in [0.05, 0.1) is 5.69 Å². The van der Waals surface area contributed by atoms with E-state index in [0.29, 0.717) is 23.7 Å². The lowest BCUT2D eigenvalue weighted by Crippen LogP contribution is -2.35. The first-order valence-electron chi connectivity index (χ1n) is 10.3. The van der Waals surface area contributed by atoms with Crippen molar-refractivity contribution in [2.75, 3.05) is 13.1 Å². The Balaban J connectivity index is 1.61. The van der Waals surface area contributed by atoms with Crippen molar-refractivity contribution >= 4 is 21.9 Å². The van der Waals surface area contributed by atoms with Gasteiger partial charge in [0, 0.05) is 19.3 Å². The molecule has 0 aliphatic carbocycles. The lowest BCUT2D eigenvalue weighted by Gasteiger charge is -2.26. The largest absolute Gasteiger partial charge is 0.255 e. The first-order valence-corrected chi connectivity index (χ1v) is 11.8. The minimum absolute atomic E-state index is 0.293. The van der Waals surface area contributed by atoms with E-state index >= 15 is 0 Å². The van der Waals surface area contributed by atoms with Crippen LogP contribution >= 0.6 is 0 Å². The summed E-state index contributed by atoms with van der Waals surface area (Å²) in [6.45, 7) is 3.08. The maximum absolute atomic E-state index is 13.2. The van der Waals surface area contributed by atoms with E-state index in [1.54, 1.807) is 22.7 Å². The van der Waals surface area contributed by atoms with Gasteiger partial charge in [-0.1, -0.05) is 67.1 Å². The van der Waals surface area contributed by atoms with Gasteiger partial charge in [-0.05, 0) is 54.2 Å². The van der Waals surface area contributed by atoms with E-state index < -0.39 is 10.0 Å². The van der Waals surface area contributed by atoms with Gasteiger partial charge in [-0.15, -0.1) is 0 Å². The number of hydrogen-bond acceptors (Lipinski definition) is 3. The molecule has 0 bridgehead atoms. The van der Waals surface area contributed by atoms with Crippen molar-refractivity contribution in [1.29, 1.82) is 0 Å². The van der Waals surface area contributed by atoms with E-state index in [0.717, 1.165) is 41.5 Å². The summed E-state index contributed by atoms with van der Waals surface area (Å²) in [5.41, 5.74) is 4.62. The highest BCUT2D eigenvalue weighted by molar-refractivity contribution is 7.89. The summed E-state index contributed by atoms with van der Waals surface area (Å²) in [4.78, 5) is 4.84. The summed E-state index contributed by atoms with van der Waals surface area (Å²) < 4.78 is 28.0. The summed E-state index contributed by atoms with van der Waals surface area (Å²) in [6.07, 6.45) is 4.65. The number of rotatable bonds is 5. The molecule has 0 N–H and O–H groups in total. The van der Waals surface area contributed by atoms with Crippen molar-refractivity contribution in [1.82, 2.24) is 4.31 Å². The number of hydrogen-bond donors (Lipinski definition) is 0. The van der Waals surface area contributed by atoms with Crippen molar-refractivity contribution in [3.05, 3.63) is 83.9 Å². The van der Waals surface area contributed by atoms with Crippen LogP contribution in [0.5, 0.6) is 0 Å². The van der Waals surface area contributed by atoms with Crippen LogP contribution in [0.3, 0.4) is 0 Å². The highest BCUT2D eigenvalue weighted by atomic mass is 32.2. The molecule has 3 aromatic carbocycles. The zero-order chi connectivity index (χ0) is 21.0. The van der Waals surface area contributed by atoms with Crippen LogP contribution in [0.4, 0.5) is 5.69 Å². The Kier molecular flexibility index (Phi) is 6.11. The Hall–Kier alpha value is -2.76. The molecule has 4 nitrogen and oxygen atoms in total. The predicted molar refractivity (Wildman–Crippen MR) is 123 cm³/mol. The van der Waals surface area contributed by atoms with E-state index in [9.17, 15) is 8.42 Å². The number of aliphatic imine (C=N–C) groups is 1. The quantitative estimate of drug-likeness (QED) is 0.507.